The van der Waals surface area contributed by atoms with Crippen LogP contribution in [0.5, 0.6) is 0 Å². The number of benzene rings is 2. The average Bonchev–Trinajstić information content (AvgIpc) is 2.53. The van der Waals surface area contributed by atoms with E-state index in [4.69, 9.17) is 0 Å². The maximum Gasteiger partial charge on any atom is 0.275 e. The number of halogens is 1. The summed E-state index contributed by atoms with van der Waals surface area (Å²) in [5.41, 5.74) is 0.395. The number of nitrogens with zero attached hydrogens (tertiary/aromatic N) is 2. The summed E-state index contributed by atoms with van der Waals surface area (Å²) in [6.45, 7) is -0.125. The van der Waals surface area contributed by atoms with Crippen LogP contribution in [-0.4, -0.2) is 15.7 Å². The summed E-state index contributed by atoms with van der Waals surface area (Å²) in [7, 11) is 0. The first-order chi connectivity index (χ1) is 10.6. The molecule has 0 fully saturated rings. The van der Waals surface area contributed by atoms with Crippen molar-refractivity contribution in [3.8, 4) is 0 Å². The van der Waals surface area contributed by atoms with Crippen LogP contribution in [0.1, 0.15) is 0 Å². The minimum absolute atomic E-state index is 0.125. The van der Waals surface area contributed by atoms with E-state index >= 15 is 0 Å². The van der Waals surface area contributed by atoms with E-state index in [2.05, 4.69) is 26.3 Å². The molecule has 0 saturated carbocycles. The second-order valence-electron chi connectivity index (χ2n) is 4.75. The van der Waals surface area contributed by atoms with Gasteiger partial charge in [-0.2, -0.15) is 5.10 Å². The van der Waals surface area contributed by atoms with Crippen LogP contribution in [0.4, 0.5) is 5.69 Å². The fourth-order valence-electron chi connectivity index (χ4n) is 2.11. The fourth-order valence-corrected chi connectivity index (χ4v) is 2.37. The second-order valence-corrected chi connectivity index (χ2v) is 5.67. The van der Waals surface area contributed by atoms with Crippen LogP contribution in [-0.2, 0) is 11.3 Å². The molecule has 1 amide bonds. The summed E-state index contributed by atoms with van der Waals surface area (Å²) in [5, 5.41) is 8.08. The van der Waals surface area contributed by atoms with Crippen molar-refractivity contribution in [1.82, 2.24) is 9.78 Å². The van der Waals surface area contributed by atoms with Gasteiger partial charge in [-0.3, -0.25) is 9.59 Å². The van der Waals surface area contributed by atoms with E-state index in [1.807, 2.05) is 24.3 Å². The molecule has 3 aromatic rings. The van der Waals surface area contributed by atoms with Gasteiger partial charge in [0.25, 0.3) is 5.56 Å². The Morgan fingerprint density at radius 1 is 1.14 bits per heavy atom. The predicted molar refractivity (Wildman–Crippen MR) is 88.8 cm³/mol. The number of nitrogens with one attached hydrogen (secondary N) is 1. The zero-order valence-electron chi connectivity index (χ0n) is 11.5. The van der Waals surface area contributed by atoms with E-state index in [0.717, 1.165) is 14.5 Å². The molecule has 110 valence electrons. The second kappa shape index (κ2) is 6.11. The summed E-state index contributed by atoms with van der Waals surface area (Å²) >= 11 is 3.33. The monoisotopic (exact) mass is 357 g/mol. The van der Waals surface area contributed by atoms with Crippen molar-refractivity contribution >= 4 is 38.3 Å². The standard InChI is InChI=1S/C16H12BrN3O2/c17-12-5-7-13(8-6-12)19-15(21)10-20-16(22)14-4-2-1-3-11(14)9-18-20/h1-9H,10H2,(H,19,21). The first-order valence-electron chi connectivity index (χ1n) is 6.64. The molecule has 0 spiro atoms. The van der Waals surface area contributed by atoms with E-state index in [0.29, 0.717) is 11.1 Å². The van der Waals surface area contributed by atoms with E-state index < -0.39 is 0 Å². The van der Waals surface area contributed by atoms with Crippen LogP contribution < -0.4 is 10.9 Å². The quantitative estimate of drug-likeness (QED) is 0.783. The third-order valence-electron chi connectivity index (χ3n) is 3.18. The number of rotatable bonds is 3. The highest BCUT2D eigenvalue weighted by Crippen LogP contribution is 2.14. The molecule has 1 aromatic heterocycles. The number of anilines is 1. The van der Waals surface area contributed by atoms with Crippen molar-refractivity contribution in [3.63, 3.8) is 0 Å². The van der Waals surface area contributed by atoms with Crippen molar-refractivity contribution in [2.24, 2.45) is 0 Å². The first kappa shape index (κ1) is 14.5. The maximum atomic E-state index is 12.3. The largest absolute Gasteiger partial charge is 0.324 e. The highest BCUT2D eigenvalue weighted by Gasteiger charge is 2.08. The van der Waals surface area contributed by atoms with Crippen molar-refractivity contribution in [2.75, 3.05) is 5.32 Å². The topological polar surface area (TPSA) is 64.0 Å². The molecule has 1 heterocycles. The average molecular weight is 358 g/mol. The molecule has 0 radical (unpaired) electrons. The van der Waals surface area contributed by atoms with Gasteiger partial charge >= 0.3 is 0 Å². The normalized spacial score (nSPS) is 10.6. The van der Waals surface area contributed by atoms with Gasteiger partial charge in [0.15, 0.2) is 0 Å². The maximum absolute atomic E-state index is 12.3. The Balaban J connectivity index is 1.81. The van der Waals surface area contributed by atoms with Crippen LogP contribution in [0.2, 0.25) is 0 Å². The molecule has 1 N–H and O–H groups in total. The molecule has 5 nitrogen and oxygen atoms in total. The number of hydrogen-bond donors (Lipinski definition) is 1. The molecule has 0 aliphatic heterocycles. The van der Waals surface area contributed by atoms with Crippen LogP contribution >= 0.6 is 15.9 Å². The molecule has 22 heavy (non-hydrogen) atoms. The lowest BCUT2D eigenvalue weighted by molar-refractivity contribution is -0.117. The van der Waals surface area contributed by atoms with Gasteiger partial charge in [-0.25, -0.2) is 4.68 Å². The third kappa shape index (κ3) is 3.07. The number of carbonyl (C=O) groups excluding carboxylic acids is 1. The SMILES string of the molecule is O=C(Cn1ncc2ccccc2c1=O)Nc1ccc(Br)cc1. The number of hydrogen-bond acceptors (Lipinski definition) is 3. The van der Waals surface area contributed by atoms with Crippen LogP contribution in [0.15, 0.2) is 64.0 Å². The van der Waals surface area contributed by atoms with Gasteiger partial charge in [-0.1, -0.05) is 34.1 Å². The zero-order valence-corrected chi connectivity index (χ0v) is 13.1. The molecular formula is C16H12BrN3O2. The summed E-state index contributed by atoms with van der Waals surface area (Å²) < 4.78 is 2.09. The Bertz CT molecular complexity index is 888. The van der Waals surface area contributed by atoms with Gasteiger partial charge < -0.3 is 5.32 Å². The minimum Gasteiger partial charge on any atom is -0.324 e. The lowest BCUT2D eigenvalue weighted by Gasteiger charge is -2.07. The number of carbonyl (C=O) groups is 1. The smallest absolute Gasteiger partial charge is 0.275 e. The molecule has 0 bridgehead atoms. The lowest BCUT2D eigenvalue weighted by Crippen LogP contribution is -2.29. The Kier molecular flexibility index (Phi) is 4.02. The minimum atomic E-state index is -0.299. The Morgan fingerprint density at radius 2 is 1.86 bits per heavy atom. The lowest BCUT2D eigenvalue weighted by atomic mass is 10.2. The number of amides is 1. The van der Waals surface area contributed by atoms with E-state index in [1.165, 1.54) is 0 Å². The third-order valence-corrected chi connectivity index (χ3v) is 3.71. The number of aromatic nitrogens is 2. The predicted octanol–water partition coefficient (Wildman–Crippen LogP) is 2.80. The molecular weight excluding hydrogens is 346 g/mol. The van der Waals surface area contributed by atoms with Gasteiger partial charge in [0, 0.05) is 15.5 Å². The van der Waals surface area contributed by atoms with Crippen molar-refractivity contribution in [1.29, 1.82) is 0 Å². The molecule has 0 unspecified atom stereocenters. The fraction of sp³-hybridized carbons (Fsp3) is 0.0625. The van der Waals surface area contributed by atoms with Crippen molar-refractivity contribution in [2.45, 2.75) is 6.54 Å². The summed E-state index contributed by atoms with van der Waals surface area (Å²) in [6.07, 6.45) is 1.59. The first-order valence-corrected chi connectivity index (χ1v) is 7.43. The Hall–Kier alpha value is -2.47. The number of fused-ring (bicyclic) bond motifs is 1. The van der Waals surface area contributed by atoms with E-state index in [9.17, 15) is 9.59 Å². The molecule has 6 heteroatoms. The summed E-state index contributed by atoms with van der Waals surface area (Å²) in [5.74, 6) is -0.299. The highest BCUT2D eigenvalue weighted by molar-refractivity contribution is 9.10. The van der Waals surface area contributed by atoms with Gasteiger partial charge in [0.05, 0.1) is 11.6 Å². The van der Waals surface area contributed by atoms with Gasteiger partial charge in [-0.05, 0) is 30.3 Å². The van der Waals surface area contributed by atoms with Crippen molar-refractivity contribution < 1.29 is 4.79 Å². The molecule has 0 atom stereocenters. The highest BCUT2D eigenvalue weighted by atomic mass is 79.9. The van der Waals surface area contributed by atoms with Gasteiger partial charge in [-0.15, -0.1) is 0 Å². The summed E-state index contributed by atoms with van der Waals surface area (Å²) in [4.78, 5) is 24.3. The molecule has 0 saturated heterocycles. The molecule has 2 aromatic carbocycles. The Morgan fingerprint density at radius 3 is 2.64 bits per heavy atom. The molecule has 3 rings (SSSR count). The van der Waals surface area contributed by atoms with E-state index in [-0.39, 0.29) is 18.0 Å². The van der Waals surface area contributed by atoms with Gasteiger partial charge in [0.2, 0.25) is 5.91 Å². The van der Waals surface area contributed by atoms with Crippen molar-refractivity contribution in [3.05, 3.63) is 69.6 Å². The van der Waals surface area contributed by atoms with Crippen LogP contribution in [0, 0.1) is 0 Å². The Labute approximate surface area is 134 Å². The summed E-state index contributed by atoms with van der Waals surface area (Å²) in [6, 6.07) is 14.4. The van der Waals surface area contributed by atoms with Crippen LogP contribution in [0.25, 0.3) is 10.8 Å². The molecule has 0 aliphatic rings. The van der Waals surface area contributed by atoms with Gasteiger partial charge in [0.1, 0.15) is 6.54 Å². The molecule has 0 aliphatic carbocycles. The zero-order chi connectivity index (χ0) is 15.5. The van der Waals surface area contributed by atoms with Crippen LogP contribution in [0.3, 0.4) is 0 Å². The van der Waals surface area contributed by atoms with E-state index in [1.54, 1.807) is 30.5 Å².